The molecule has 1 aliphatic heterocycles. The number of ether oxygens (including phenoxy) is 2. The van der Waals surface area contributed by atoms with E-state index in [1.54, 1.807) is 0 Å². The summed E-state index contributed by atoms with van der Waals surface area (Å²) >= 11 is 0. The lowest BCUT2D eigenvalue weighted by Gasteiger charge is -2.45. The third-order valence-electron chi connectivity index (χ3n) is 5.48. The fourth-order valence-electron chi connectivity index (χ4n) is 3.97. The Morgan fingerprint density at radius 1 is 0.466 bits per heavy atom. The van der Waals surface area contributed by atoms with Gasteiger partial charge in [-0.1, -0.05) is 0 Å². The smallest absolute Gasteiger partial charge is 0.341 e. The molecule has 0 aliphatic carbocycles. The van der Waals surface area contributed by atoms with Crippen LogP contribution in [0, 0.1) is 0 Å². The molecule has 0 radical (unpaired) electrons. The summed E-state index contributed by atoms with van der Waals surface area (Å²) in [4.78, 5) is 0. The van der Waals surface area contributed by atoms with Crippen molar-refractivity contribution in [3.8, 4) is 0 Å². The van der Waals surface area contributed by atoms with Crippen molar-refractivity contribution in [1.29, 1.82) is 0 Å². The molecule has 0 bridgehead atoms. The van der Waals surface area contributed by atoms with Gasteiger partial charge in [0.15, 0.2) is 12.4 Å². The molecule has 46 heteroatoms. The molecular weight excluding hydrogens is 1020 g/mol. The highest BCUT2D eigenvalue weighted by Crippen LogP contribution is 2.34. The first-order valence-corrected chi connectivity index (χ1v) is 24.8. The van der Waals surface area contributed by atoms with Gasteiger partial charge in [0.2, 0.25) is 0 Å². The lowest BCUT2D eigenvalue weighted by atomic mass is 9.98. The van der Waals surface area contributed by atoms with Crippen LogP contribution in [-0.4, -0.2) is 187 Å². The van der Waals surface area contributed by atoms with E-state index in [2.05, 4.69) is 37.6 Å². The molecule has 0 unspecified atom stereocenters. The predicted molar refractivity (Wildman–Crippen MR) is 163 cm³/mol. The van der Waals surface area contributed by atoms with Gasteiger partial charge in [0.25, 0.3) is 11.0 Å². The molecule has 1 rings (SSSR count). The molecule has 0 aromatic rings. The van der Waals surface area contributed by atoms with Crippen molar-refractivity contribution >= 4 is 94.2 Å². The second-order valence-electron chi connectivity index (χ2n) is 9.66. The standard InChI is InChI=1S/C12H24O37S9/c13-50(14)44-8-4(1-39-51(15,16)17)42-12(11(49-58(36,37)38)10(8)48-57(33,34)35)43-7(5(45-54(24,25)26)2-40-52(18,19)20)9(47-56(30,31)32)6(46-55(27,28)29)3-41-53(21,22)23/h4-12,50H,1-3H2,(H,15,16,17)(H,18,19,20)(H,21,22,23)(H,24,25,26)(H,27,28,29)(H,30,31,32)(H,33,34,35)(H,36,37,38)/t4-,5-,6+,7-,8-,9-,10+,11-,12+/m1/s1. The van der Waals surface area contributed by atoms with Crippen LogP contribution in [0.25, 0.3) is 0 Å². The van der Waals surface area contributed by atoms with Gasteiger partial charge in [-0.15, -0.1) is 0 Å². The van der Waals surface area contributed by atoms with E-state index in [0.717, 1.165) is 0 Å². The summed E-state index contributed by atoms with van der Waals surface area (Å²) in [6.07, 6.45) is -30.9. The van der Waals surface area contributed by atoms with E-state index in [9.17, 15) is 98.5 Å². The van der Waals surface area contributed by atoms with Gasteiger partial charge in [0.1, 0.15) is 42.7 Å². The molecule has 58 heavy (non-hydrogen) atoms. The van der Waals surface area contributed by atoms with Crippen molar-refractivity contribution in [2.45, 2.75) is 55.1 Å². The minimum atomic E-state index is -6.45. The zero-order valence-corrected chi connectivity index (χ0v) is 33.9. The minimum Gasteiger partial charge on any atom is -0.341 e. The molecule has 0 saturated carbocycles. The predicted octanol–water partition coefficient (Wildman–Crippen LogP) is -7.59. The summed E-state index contributed by atoms with van der Waals surface area (Å²) in [6, 6.07) is 0. The Morgan fingerprint density at radius 2 is 0.845 bits per heavy atom. The summed E-state index contributed by atoms with van der Waals surface area (Å²) in [5.74, 6) is 0. The van der Waals surface area contributed by atoms with Crippen LogP contribution in [0.1, 0.15) is 0 Å². The molecule has 0 aromatic carbocycles. The van der Waals surface area contributed by atoms with Crippen molar-refractivity contribution in [2.24, 2.45) is 0 Å². The molecule has 0 aromatic heterocycles. The van der Waals surface area contributed by atoms with Crippen LogP contribution in [0.15, 0.2) is 0 Å². The molecule has 0 amide bonds. The second-order valence-corrected chi connectivity index (χ2v) is 18.8. The third kappa shape index (κ3) is 23.7. The molecule has 37 nitrogen and oxygen atoms in total. The van der Waals surface area contributed by atoms with Gasteiger partial charge in [-0.05, 0) is 0 Å². The van der Waals surface area contributed by atoms with E-state index in [4.69, 9.17) is 23.1 Å². The van der Waals surface area contributed by atoms with Gasteiger partial charge in [0.05, 0.1) is 19.8 Å². The molecule has 0 spiro atoms. The zero-order valence-electron chi connectivity index (χ0n) is 26.4. The molecule has 1 aliphatic rings. The summed E-state index contributed by atoms with van der Waals surface area (Å²) in [5.41, 5.74) is 0. The van der Waals surface area contributed by atoms with Crippen LogP contribution in [0.2, 0.25) is 0 Å². The van der Waals surface area contributed by atoms with E-state index in [0.29, 0.717) is 0 Å². The minimum absolute atomic E-state index is 1.96. The number of thiol groups is 1. The van der Waals surface area contributed by atoms with E-state index in [1.165, 1.54) is 0 Å². The monoisotopic (exact) mass is 1050 g/mol. The Balaban J connectivity index is 4.53. The van der Waals surface area contributed by atoms with Crippen LogP contribution < -0.4 is 0 Å². The maximum absolute atomic E-state index is 11.9. The third-order valence-corrected chi connectivity index (χ3v) is 9.57. The largest absolute Gasteiger partial charge is 0.397 e. The van der Waals surface area contributed by atoms with Crippen LogP contribution in [0.3, 0.4) is 0 Å². The Bertz CT molecular complexity index is 2390. The Morgan fingerprint density at radius 3 is 1.19 bits per heavy atom. The van der Waals surface area contributed by atoms with Gasteiger partial charge in [-0.3, -0.25) is 40.6 Å². The number of rotatable bonds is 26. The fourth-order valence-corrected chi connectivity index (χ4v) is 7.79. The Labute approximate surface area is 327 Å². The van der Waals surface area contributed by atoms with Gasteiger partial charge in [-0.2, -0.15) is 67.3 Å². The maximum atomic E-state index is 11.9. The Kier molecular flexibility index (Phi) is 19.2. The van der Waals surface area contributed by atoms with Crippen molar-refractivity contribution in [1.82, 2.24) is 0 Å². The molecular formula is C12H24O37S9. The first kappa shape index (κ1) is 54.8. The molecule has 9 atom stereocenters. The first-order chi connectivity index (χ1) is 25.5. The second kappa shape index (κ2) is 20.3. The highest BCUT2D eigenvalue weighted by atomic mass is 32.3. The Hall–Kier alpha value is -1.21. The van der Waals surface area contributed by atoms with Crippen LogP contribution in [0.5, 0.6) is 0 Å². The van der Waals surface area contributed by atoms with E-state index < -0.39 is 169 Å². The lowest BCUT2D eigenvalue weighted by molar-refractivity contribution is -0.312. The molecule has 1 saturated heterocycles. The topological polar surface area (TPSA) is 571 Å². The fraction of sp³-hybridized carbons (Fsp3) is 1.00. The van der Waals surface area contributed by atoms with Crippen molar-refractivity contribution in [3.05, 3.63) is 0 Å². The van der Waals surface area contributed by atoms with Gasteiger partial charge in [-0.25, -0.2) is 41.9 Å². The highest BCUT2D eigenvalue weighted by molar-refractivity contribution is 7.82. The van der Waals surface area contributed by atoms with Crippen molar-refractivity contribution < 1.29 is 159 Å². The number of hydrogen-bond acceptors (Lipinski definition) is 29. The lowest BCUT2D eigenvalue weighted by Crippen LogP contribution is -2.65. The van der Waals surface area contributed by atoms with Crippen LogP contribution in [0.4, 0.5) is 0 Å². The zero-order chi connectivity index (χ0) is 45.7. The average molecular weight is 1050 g/mol. The average Bonchev–Trinajstić information content (AvgIpc) is 2.92. The van der Waals surface area contributed by atoms with Gasteiger partial charge < -0.3 is 9.47 Å². The molecule has 1 fully saturated rings. The van der Waals surface area contributed by atoms with Crippen molar-refractivity contribution in [2.75, 3.05) is 19.8 Å². The van der Waals surface area contributed by atoms with Crippen LogP contribution >= 0.6 is 0 Å². The van der Waals surface area contributed by atoms with E-state index in [1.807, 2.05) is 0 Å². The molecule has 348 valence electrons. The maximum Gasteiger partial charge on any atom is 0.397 e. The molecule has 8 N–H and O–H groups in total. The van der Waals surface area contributed by atoms with E-state index >= 15 is 0 Å². The summed E-state index contributed by atoms with van der Waals surface area (Å²) in [5, 5.41) is 0. The van der Waals surface area contributed by atoms with Gasteiger partial charge >= 0.3 is 83.2 Å². The summed E-state index contributed by atoms with van der Waals surface area (Å²) < 4.78 is 329. The molecule has 1 heterocycles. The summed E-state index contributed by atoms with van der Waals surface area (Å²) in [7, 11) is -53.7. The quantitative estimate of drug-likeness (QED) is 0.0287. The first-order valence-electron chi connectivity index (χ1n) is 12.8. The SMILES string of the molecule is O=[SH](=O)O[C@H]1[C@H](OS(=O)(=O)O)[C@@H](OS(=O)(=O)O)[C@H](O[C@@H]([C@H](OS(=O)(=O)O)[C@H](COS(=O)(=O)O)OS(=O)(=O)O)[C@@H](COS(=O)(=O)O)OS(=O)(=O)O)O[C@@H]1COS(=O)(=O)O. The van der Waals surface area contributed by atoms with Crippen molar-refractivity contribution in [3.63, 3.8) is 0 Å². The number of hydrogen-bond donors (Lipinski definition) is 9. The van der Waals surface area contributed by atoms with Gasteiger partial charge in [0, 0.05) is 0 Å². The van der Waals surface area contributed by atoms with E-state index in [-0.39, 0.29) is 0 Å². The normalized spacial score (nSPS) is 24.3. The highest BCUT2D eigenvalue weighted by Gasteiger charge is 2.56. The summed E-state index contributed by atoms with van der Waals surface area (Å²) in [6.45, 7) is -6.62. The van der Waals surface area contributed by atoms with Crippen LogP contribution in [-0.2, 0) is 141 Å².